The summed E-state index contributed by atoms with van der Waals surface area (Å²) >= 11 is 12.1. The number of amides is 1. The molecule has 1 heterocycles. The van der Waals surface area contributed by atoms with E-state index in [1.165, 1.54) is 0 Å². The van der Waals surface area contributed by atoms with Crippen LogP contribution in [-0.4, -0.2) is 10.9 Å². The van der Waals surface area contributed by atoms with Gasteiger partial charge in [0.2, 0.25) is 5.91 Å². The van der Waals surface area contributed by atoms with Crippen molar-refractivity contribution < 1.29 is 4.79 Å². The normalized spacial score (nSPS) is 11.0. The largest absolute Gasteiger partial charge is 0.358 e. The van der Waals surface area contributed by atoms with Gasteiger partial charge in [-0.15, -0.1) is 0 Å². The number of rotatable bonds is 3. The van der Waals surface area contributed by atoms with Crippen molar-refractivity contribution in [1.29, 1.82) is 0 Å². The molecule has 5 heteroatoms. The number of nitrogens with one attached hydrogen (secondary N) is 2. The molecule has 0 atom stereocenters. The number of carbonyl (C=O) groups excluding carboxylic acids is 1. The zero-order valence-corrected chi connectivity index (χ0v) is 14.3. The van der Waals surface area contributed by atoms with Crippen LogP contribution in [0.4, 0.5) is 5.69 Å². The Labute approximate surface area is 144 Å². The van der Waals surface area contributed by atoms with Crippen molar-refractivity contribution in [2.75, 3.05) is 5.32 Å². The molecular weight excluding hydrogens is 331 g/mol. The zero-order valence-electron chi connectivity index (χ0n) is 12.8. The summed E-state index contributed by atoms with van der Waals surface area (Å²) in [6.45, 7) is 4.02. The summed E-state index contributed by atoms with van der Waals surface area (Å²) < 4.78 is 0. The minimum atomic E-state index is -0.125. The Kier molecular flexibility index (Phi) is 4.33. The van der Waals surface area contributed by atoms with Gasteiger partial charge in [0.15, 0.2) is 0 Å². The average Bonchev–Trinajstić information content (AvgIpc) is 2.80. The van der Waals surface area contributed by atoms with Crippen LogP contribution in [-0.2, 0) is 11.2 Å². The molecule has 0 unspecified atom stereocenters. The van der Waals surface area contributed by atoms with E-state index in [1.807, 2.05) is 26.0 Å². The van der Waals surface area contributed by atoms with Crippen LogP contribution >= 0.6 is 23.2 Å². The van der Waals surface area contributed by atoms with Crippen molar-refractivity contribution in [3.63, 3.8) is 0 Å². The van der Waals surface area contributed by atoms with E-state index in [0.717, 1.165) is 27.7 Å². The highest BCUT2D eigenvalue weighted by atomic mass is 35.5. The topological polar surface area (TPSA) is 44.9 Å². The maximum atomic E-state index is 12.4. The summed E-state index contributed by atoms with van der Waals surface area (Å²) in [6, 6.07) is 11.4. The number of aromatic nitrogens is 1. The highest BCUT2D eigenvalue weighted by molar-refractivity contribution is 6.44. The number of carbonyl (C=O) groups is 1. The molecule has 0 bridgehead atoms. The van der Waals surface area contributed by atoms with Crippen molar-refractivity contribution >= 4 is 45.7 Å². The highest BCUT2D eigenvalue weighted by Gasteiger charge is 2.14. The van der Waals surface area contributed by atoms with Crippen LogP contribution in [0.15, 0.2) is 36.4 Å². The van der Waals surface area contributed by atoms with Gasteiger partial charge in [0.1, 0.15) is 0 Å². The molecule has 118 valence electrons. The van der Waals surface area contributed by atoms with E-state index in [2.05, 4.69) is 16.4 Å². The second kappa shape index (κ2) is 6.26. The smallest absolute Gasteiger partial charge is 0.228 e. The molecular formula is C18H16Cl2N2O. The Bertz CT molecular complexity index is 899. The molecule has 3 aromatic rings. The summed E-state index contributed by atoms with van der Waals surface area (Å²) in [6.07, 6.45) is 0.276. The first-order valence-electron chi connectivity index (χ1n) is 7.27. The molecule has 1 amide bonds. The molecule has 0 fully saturated rings. The van der Waals surface area contributed by atoms with Crippen LogP contribution in [0.5, 0.6) is 0 Å². The van der Waals surface area contributed by atoms with Crippen molar-refractivity contribution in [3.8, 4) is 0 Å². The second-order valence-electron chi connectivity index (χ2n) is 5.60. The molecule has 0 aliphatic heterocycles. The second-order valence-corrected chi connectivity index (χ2v) is 6.39. The molecule has 0 saturated carbocycles. The van der Waals surface area contributed by atoms with Gasteiger partial charge < -0.3 is 10.3 Å². The first-order valence-corrected chi connectivity index (χ1v) is 8.03. The number of hydrogen-bond donors (Lipinski definition) is 2. The third-order valence-corrected chi connectivity index (χ3v) is 4.66. The van der Waals surface area contributed by atoms with Gasteiger partial charge in [0, 0.05) is 16.6 Å². The van der Waals surface area contributed by atoms with Gasteiger partial charge in [-0.2, -0.15) is 0 Å². The van der Waals surface area contributed by atoms with E-state index in [9.17, 15) is 4.79 Å². The number of anilines is 1. The van der Waals surface area contributed by atoms with Gasteiger partial charge in [0.05, 0.1) is 22.2 Å². The van der Waals surface area contributed by atoms with Crippen molar-refractivity contribution in [2.24, 2.45) is 0 Å². The predicted molar refractivity (Wildman–Crippen MR) is 96.6 cm³/mol. The molecule has 0 radical (unpaired) electrons. The van der Waals surface area contributed by atoms with Crippen LogP contribution in [0, 0.1) is 13.8 Å². The average molecular weight is 347 g/mol. The number of benzene rings is 2. The van der Waals surface area contributed by atoms with Crippen LogP contribution in [0.1, 0.15) is 16.8 Å². The maximum absolute atomic E-state index is 12.4. The lowest BCUT2D eigenvalue weighted by Crippen LogP contribution is -2.15. The number of H-pyrrole nitrogens is 1. The summed E-state index contributed by atoms with van der Waals surface area (Å²) in [4.78, 5) is 15.7. The molecule has 23 heavy (non-hydrogen) atoms. The van der Waals surface area contributed by atoms with E-state index in [-0.39, 0.29) is 12.3 Å². The van der Waals surface area contributed by atoms with Crippen LogP contribution in [0.2, 0.25) is 10.0 Å². The maximum Gasteiger partial charge on any atom is 0.228 e. The molecule has 0 spiro atoms. The fourth-order valence-electron chi connectivity index (χ4n) is 2.68. The number of aromatic amines is 1. The fourth-order valence-corrected chi connectivity index (χ4v) is 3.03. The standard InChI is InChI=1S/C18H16Cl2N2O/c1-10-6-7-15-13(8-10)12(11(2)21-15)9-17(23)22-16-5-3-4-14(19)18(16)20/h3-8,21H,9H2,1-2H3,(H,22,23). The van der Waals surface area contributed by atoms with Crippen LogP contribution < -0.4 is 5.32 Å². The first kappa shape index (κ1) is 15.9. The first-order chi connectivity index (χ1) is 11.0. The molecule has 2 N–H and O–H groups in total. The lowest BCUT2D eigenvalue weighted by atomic mass is 10.1. The quantitative estimate of drug-likeness (QED) is 0.666. The number of hydrogen-bond acceptors (Lipinski definition) is 1. The van der Waals surface area contributed by atoms with E-state index < -0.39 is 0 Å². The van der Waals surface area contributed by atoms with Crippen molar-refractivity contribution in [2.45, 2.75) is 20.3 Å². The Morgan fingerprint density at radius 1 is 1.17 bits per heavy atom. The zero-order chi connectivity index (χ0) is 16.6. The van der Waals surface area contributed by atoms with E-state index in [4.69, 9.17) is 23.2 Å². The number of halogens is 2. The van der Waals surface area contributed by atoms with Gasteiger partial charge >= 0.3 is 0 Å². The fraction of sp³-hybridized carbons (Fsp3) is 0.167. The van der Waals surface area contributed by atoms with Crippen molar-refractivity contribution in [1.82, 2.24) is 4.98 Å². The summed E-state index contributed by atoms with van der Waals surface area (Å²) in [5.41, 5.74) is 4.72. The SMILES string of the molecule is Cc1ccc2[nH]c(C)c(CC(=O)Nc3cccc(Cl)c3Cl)c2c1. The molecule has 1 aromatic heterocycles. The van der Waals surface area contributed by atoms with E-state index >= 15 is 0 Å². The van der Waals surface area contributed by atoms with E-state index in [1.54, 1.807) is 18.2 Å². The van der Waals surface area contributed by atoms with Crippen LogP contribution in [0.3, 0.4) is 0 Å². The Morgan fingerprint density at radius 2 is 1.96 bits per heavy atom. The van der Waals surface area contributed by atoms with Gasteiger partial charge in [-0.05, 0) is 43.7 Å². The van der Waals surface area contributed by atoms with Gasteiger partial charge in [0.25, 0.3) is 0 Å². The molecule has 3 rings (SSSR count). The lowest BCUT2D eigenvalue weighted by Gasteiger charge is -2.08. The predicted octanol–water partition coefficient (Wildman–Crippen LogP) is 5.27. The Hall–Kier alpha value is -1.97. The Morgan fingerprint density at radius 3 is 2.74 bits per heavy atom. The van der Waals surface area contributed by atoms with Gasteiger partial charge in [-0.1, -0.05) is 40.9 Å². The van der Waals surface area contributed by atoms with Gasteiger partial charge in [-0.25, -0.2) is 0 Å². The minimum absolute atomic E-state index is 0.125. The molecule has 0 aliphatic rings. The monoisotopic (exact) mass is 346 g/mol. The van der Waals surface area contributed by atoms with Crippen molar-refractivity contribution in [3.05, 3.63) is 63.3 Å². The third kappa shape index (κ3) is 3.21. The summed E-state index contributed by atoms with van der Waals surface area (Å²) in [5.74, 6) is -0.125. The highest BCUT2D eigenvalue weighted by Crippen LogP contribution is 2.30. The van der Waals surface area contributed by atoms with Gasteiger partial charge in [-0.3, -0.25) is 4.79 Å². The molecule has 2 aromatic carbocycles. The summed E-state index contributed by atoms with van der Waals surface area (Å²) in [5, 5.41) is 4.68. The molecule has 0 saturated heterocycles. The number of fused-ring (bicyclic) bond motifs is 1. The third-order valence-electron chi connectivity index (χ3n) is 3.84. The summed E-state index contributed by atoms with van der Waals surface area (Å²) in [7, 11) is 0. The minimum Gasteiger partial charge on any atom is -0.358 e. The molecule has 0 aliphatic carbocycles. The Balaban J connectivity index is 1.87. The van der Waals surface area contributed by atoms with E-state index in [0.29, 0.717) is 15.7 Å². The molecule has 3 nitrogen and oxygen atoms in total. The number of aryl methyl sites for hydroxylation is 2. The lowest BCUT2D eigenvalue weighted by molar-refractivity contribution is -0.115. The van der Waals surface area contributed by atoms with Crippen LogP contribution in [0.25, 0.3) is 10.9 Å².